The lowest BCUT2D eigenvalue weighted by atomic mass is 10.1. The summed E-state index contributed by atoms with van der Waals surface area (Å²) in [5.74, 6) is 0.667. The molecule has 0 amide bonds. The van der Waals surface area contributed by atoms with Gasteiger partial charge in [0.15, 0.2) is 0 Å². The average Bonchev–Trinajstić information content (AvgIpc) is 3.06. The van der Waals surface area contributed by atoms with Crippen LogP contribution in [-0.4, -0.2) is 18.3 Å². The van der Waals surface area contributed by atoms with E-state index in [4.69, 9.17) is 21.1 Å². The first-order chi connectivity index (χ1) is 13.0. The van der Waals surface area contributed by atoms with E-state index >= 15 is 0 Å². The van der Waals surface area contributed by atoms with Gasteiger partial charge in [-0.05, 0) is 48.9 Å². The van der Waals surface area contributed by atoms with Gasteiger partial charge >= 0.3 is 0 Å². The van der Waals surface area contributed by atoms with Gasteiger partial charge in [-0.15, -0.1) is 11.3 Å². The number of aromatic nitrogens is 1. The molecule has 0 aliphatic heterocycles. The van der Waals surface area contributed by atoms with Gasteiger partial charge in [0.05, 0.1) is 24.0 Å². The van der Waals surface area contributed by atoms with Crippen molar-refractivity contribution < 1.29 is 13.9 Å². The van der Waals surface area contributed by atoms with Crippen LogP contribution in [0, 0.1) is 12.7 Å². The summed E-state index contributed by atoms with van der Waals surface area (Å²) in [6.07, 6.45) is 1.69. The lowest BCUT2D eigenvalue weighted by molar-refractivity contribution is 0.296. The van der Waals surface area contributed by atoms with Crippen LogP contribution in [0.3, 0.4) is 0 Å². The zero-order valence-corrected chi connectivity index (χ0v) is 16.3. The van der Waals surface area contributed by atoms with Crippen molar-refractivity contribution in [2.45, 2.75) is 13.5 Å². The second-order valence-corrected chi connectivity index (χ2v) is 6.86. The first-order valence-corrected chi connectivity index (χ1v) is 9.27. The number of nitrogens with zero attached hydrogens (tertiary/aromatic N) is 2. The molecule has 3 aromatic rings. The molecule has 0 atom stereocenters. The van der Waals surface area contributed by atoms with Gasteiger partial charge in [0.2, 0.25) is 5.13 Å². The second-order valence-electron chi connectivity index (χ2n) is 5.60. The predicted molar refractivity (Wildman–Crippen MR) is 107 cm³/mol. The molecular formula is C19H17ClFN3O2S. The zero-order chi connectivity index (χ0) is 19.2. The maximum absolute atomic E-state index is 13.1. The standard InChI is InChI=1S/C19H17ClFN3O2S/c1-12-11-27-19(23-12)24-22-9-13-3-5-17(25-2)14(7-13)10-26-18-6-4-15(21)8-16(18)20/h3-9,11H,10H2,1-2H3,(H,23,24). The Bertz CT molecular complexity index is 962. The maximum atomic E-state index is 13.1. The van der Waals surface area contributed by atoms with Crippen molar-refractivity contribution in [2.24, 2.45) is 5.10 Å². The van der Waals surface area contributed by atoms with E-state index in [1.807, 2.05) is 30.5 Å². The van der Waals surface area contributed by atoms with Crippen LogP contribution in [0.2, 0.25) is 5.02 Å². The monoisotopic (exact) mass is 405 g/mol. The van der Waals surface area contributed by atoms with Crippen LogP contribution in [0.25, 0.3) is 0 Å². The third-order valence-electron chi connectivity index (χ3n) is 3.57. The molecule has 1 heterocycles. The highest BCUT2D eigenvalue weighted by molar-refractivity contribution is 7.13. The molecule has 1 aromatic heterocycles. The third kappa shape index (κ3) is 5.18. The summed E-state index contributed by atoms with van der Waals surface area (Å²) in [6.45, 7) is 2.14. The second kappa shape index (κ2) is 8.83. The van der Waals surface area contributed by atoms with Crippen LogP contribution >= 0.6 is 22.9 Å². The quantitative estimate of drug-likeness (QED) is 0.429. The molecule has 0 bridgehead atoms. The Morgan fingerprint density at radius 3 is 2.78 bits per heavy atom. The first-order valence-electron chi connectivity index (χ1n) is 8.01. The summed E-state index contributed by atoms with van der Waals surface area (Å²) < 4.78 is 24.2. The molecule has 140 valence electrons. The van der Waals surface area contributed by atoms with E-state index in [9.17, 15) is 4.39 Å². The van der Waals surface area contributed by atoms with Crippen LogP contribution < -0.4 is 14.9 Å². The molecule has 0 saturated heterocycles. The fourth-order valence-electron chi connectivity index (χ4n) is 2.31. The van der Waals surface area contributed by atoms with Crippen LogP contribution in [-0.2, 0) is 6.61 Å². The topological polar surface area (TPSA) is 55.7 Å². The van der Waals surface area contributed by atoms with E-state index in [0.717, 1.165) is 22.0 Å². The van der Waals surface area contributed by atoms with Crippen LogP contribution in [0.5, 0.6) is 11.5 Å². The van der Waals surface area contributed by atoms with E-state index in [1.165, 1.54) is 29.5 Å². The summed E-state index contributed by atoms with van der Waals surface area (Å²) in [5.41, 5.74) is 5.51. The smallest absolute Gasteiger partial charge is 0.203 e. The number of hydrazone groups is 1. The van der Waals surface area contributed by atoms with Gasteiger partial charge in [0.25, 0.3) is 0 Å². The van der Waals surface area contributed by atoms with Gasteiger partial charge in [-0.3, -0.25) is 5.43 Å². The Balaban J connectivity index is 1.70. The highest BCUT2D eigenvalue weighted by Gasteiger charge is 2.08. The Morgan fingerprint density at radius 2 is 2.07 bits per heavy atom. The molecule has 27 heavy (non-hydrogen) atoms. The molecule has 8 heteroatoms. The first kappa shape index (κ1) is 19.1. The molecule has 0 unspecified atom stereocenters. The van der Waals surface area contributed by atoms with Crippen molar-refractivity contribution >= 4 is 34.3 Å². The van der Waals surface area contributed by atoms with E-state index in [2.05, 4.69) is 15.5 Å². The number of ether oxygens (including phenoxy) is 2. The Kier molecular flexibility index (Phi) is 6.26. The number of hydrogen-bond donors (Lipinski definition) is 1. The number of benzene rings is 2. The number of rotatable bonds is 7. The van der Waals surface area contributed by atoms with E-state index in [0.29, 0.717) is 11.5 Å². The maximum Gasteiger partial charge on any atom is 0.203 e. The van der Waals surface area contributed by atoms with Gasteiger partial charge in [-0.1, -0.05) is 11.6 Å². The molecule has 5 nitrogen and oxygen atoms in total. The molecule has 2 aromatic carbocycles. The number of hydrogen-bond acceptors (Lipinski definition) is 6. The minimum Gasteiger partial charge on any atom is -0.496 e. The van der Waals surface area contributed by atoms with Gasteiger partial charge in [0.1, 0.15) is 23.9 Å². The van der Waals surface area contributed by atoms with Crippen molar-refractivity contribution in [1.82, 2.24) is 4.98 Å². The minimum absolute atomic E-state index is 0.217. The van der Waals surface area contributed by atoms with Crippen LogP contribution in [0.1, 0.15) is 16.8 Å². The molecule has 0 fully saturated rings. The van der Waals surface area contributed by atoms with Crippen molar-refractivity contribution in [3.8, 4) is 11.5 Å². The molecule has 0 radical (unpaired) electrons. The van der Waals surface area contributed by atoms with E-state index in [1.54, 1.807) is 13.3 Å². The zero-order valence-electron chi connectivity index (χ0n) is 14.7. The molecule has 0 aliphatic carbocycles. The van der Waals surface area contributed by atoms with E-state index < -0.39 is 5.82 Å². The van der Waals surface area contributed by atoms with Crippen molar-refractivity contribution in [1.29, 1.82) is 0 Å². The lowest BCUT2D eigenvalue weighted by Crippen LogP contribution is -2.01. The molecular weight excluding hydrogens is 389 g/mol. The fourth-order valence-corrected chi connectivity index (χ4v) is 3.17. The largest absolute Gasteiger partial charge is 0.496 e. The van der Waals surface area contributed by atoms with Crippen LogP contribution in [0.4, 0.5) is 9.52 Å². The summed E-state index contributed by atoms with van der Waals surface area (Å²) in [7, 11) is 1.59. The number of nitrogens with one attached hydrogen (secondary N) is 1. The third-order valence-corrected chi connectivity index (χ3v) is 4.73. The van der Waals surface area contributed by atoms with Crippen molar-refractivity contribution in [3.05, 3.63) is 69.4 Å². The molecule has 0 aliphatic rings. The number of aryl methyl sites for hydroxylation is 1. The summed E-state index contributed by atoms with van der Waals surface area (Å²) in [4.78, 5) is 4.28. The fraction of sp³-hybridized carbons (Fsp3) is 0.158. The Morgan fingerprint density at radius 1 is 1.26 bits per heavy atom. The molecule has 0 spiro atoms. The van der Waals surface area contributed by atoms with E-state index in [-0.39, 0.29) is 11.6 Å². The lowest BCUT2D eigenvalue weighted by Gasteiger charge is -2.12. The summed E-state index contributed by atoms with van der Waals surface area (Å²) in [6, 6.07) is 9.62. The SMILES string of the molecule is COc1ccc(C=NNc2nc(C)cs2)cc1COc1ccc(F)cc1Cl. The summed E-state index contributed by atoms with van der Waals surface area (Å²) in [5, 5.41) is 7.08. The van der Waals surface area contributed by atoms with Gasteiger partial charge in [-0.25, -0.2) is 9.37 Å². The predicted octanol–water partition coefficient (Wildman–Crippen LogP) is 5.28. The van der Waals surface area contributed by atoms with Gasteiger partial charge < -0.3 is 9.47 Å². The van der Waals surface area contributed by atoms with Crippen molar-refractivity contribution in [2.75, 3.05) is 12.5 Å². The Labute approximate surface area is 165 Å². The highest BCUT2D eigenvalue weighted by atomic mass is 35.5. The summed E-state index contributed by atoms with van der Waals surface area (Å²) >= 11 is 7.49. The molecule has 1 N–H and O–H groups in total. The van der Waals surface area contributed by atoms with Crippen molar-refractivity contribution in [3.63, 3.8) is 0 Å². The highest BCUT2D eigenvalue weighted by Crippen LogP contribution is 2.27. The minimum atomic E-state index is -0.411. The van der Waals surface area contributed by atoms with Gasteiger partial charge in [-0.2, -0.15) is 5.10 Å². The number of thiazole rings is 1. The Hall–Kier alpha value is -2.64. The van der Waals surface area contributed by atoms with Gasteiger partial charge in [0, 0.05) is 10.9 Å². The number of methoxy groups -OCH3 is 1. The number of anilines is 1. The van der Waals surface area contributed by atoms with Crippen LogP contribution in [0.15, 0.2) is 46.9 Å². The molecule has 0 saturated carbocycles. The normalized spacial score (nSPS) is 11.0. The average molecular weight is 406 g/mol. The molecule has 3 rings (SSSR count). The number of halogens is 2.